The zero-order valence-corrected chi connectivity index (χ0v) is 5.27. The van der Waals surface area contributed by atoms with Crippen LogP contribution in [0.2, 0.25) is 0 Å². The summed E-state index contributed by atoms with van der Waals surface area (Å²) < 4.78 is 15.7. The van der Waals surface area contributed by atoms with Crippen LogP contribution in [0.4, 0.5) is 0 Å². The number of hydrogen-bond acceptors (Lipinski definition) is 4. The molecule has 0 amide bonds. The quantitative estimate of drug-likeness (QED) is 0.467. The SMILES string of the molecule is O[C@H]1[C@H]2OCC3O[C@@H]1[C@H]3O2. The summed E-state index contributed by atoms with van der Waals surface area (Å²) >= 11 is 0. The van der Waals surface area contributed by atoms with Crippen LogP contribution in [0.15, 0.2) is 0 Å². The summed E-state index contributed by atoms with van der Waals surface area (Å²) in [6, 6.07) is 0. The van der Waals surface area contributed by atoms with Crippen molar-refractivity contribution < 1.29 is 19.3 Å². The number of ether oxygens (including phenoxy) is 3. The minimum Gasteiger partial charge on any atom is -0.385 e. The lowest BCUT2D eigenvalue weighted by atomic mass is 10.0. The third kappa shape index (κ3) is 0.441. The van der Waals surface area contributed by atoms with E-state index in [4.69, 9.17) is 14.2 Å². The molecule has 1 unspecified atom stereocenters. The third-order valence-electron chi connectivity index (χ3n) is 2.35. The summed E-state index contributed by atoms with van der Waals surface area (Å²) in [5, 5.41) is 9.33. The van der Waals surface area contributed by atoms with Gasteiger partial charge >= 0.3 is 0 Å². The van der Waals surface area contributed by atoms with Crippen molar-refractivity contribution in [1.29, 1.82) is 0 Å². The van der Waals surface area contributed by atoms with Crippen molar-refractivity contribution in [2.45, 2.75) is 30.7 Å². The first-order valence-electron chi connectivity index (χ1n) is 3.47. The minimum atomic E-state index is -0.566. The number of fused-ring (bicyclic) bond motifs is 1. The molecule has 2 bridgehead atoms. The predicted molar refractivity (Wildman–Crippen MR) is 29.3 cm³/mol. The van der Waals surface area contributed by atoms with Crippen molar-refractivity contribution >= 4 is 0 Å². The second kappa shape index (κ2) is 1.53. The Kier molecular flexibility index (Phi) is 0.840. The van der Waals surface area contributed by atoms with E-state index < -0.39 is 12.4 Å². The van der Waals surface area contributed by atoms with Crippen molar-refractivity contribution in [3.8, 4) is 0 Å². The molecule has 3 aliphatic rings. The van der Waals surface area contributed by atoms with Crippen molar-refractivity contribution in [3.63, 3.8) is 0 Å². The highest BCUT2D eigenvalue weighted by Crippen LogP contribution is 2.40. The van der Waals surface area contributed by atoms with E-state index in [1.54, 1.807) is 0 Å². The summed E-state index contributed by atoms with van der Waals surface area (Å²) in [5.74, 6) is 0. The topological polar surface area (TPSA) is 47.9 Å². The molecule has 10 heavy (non-hydrogen) atoms. The van der Waals surface area contributed by atoms with Crippen LogP contribution in [0.5, 0.6) is 0 Å². The third-order valence-corrected chi connectivity index (χ3v) is 2.35. The molecule has 0 spiro atoms. The first kappa shape index (κ1) is 5.49. The van der Waals surface area contributed by atoms with E-state index in [9.17, 15) is 5.11 Å². The van der Waals surface area contributed by atoms with Crippen LogP contribution in [0.3, 0.4) is 0 Å². The normalized spacial score (nSPS) is 63.9. The summed E-state index contributed by atoms with van der Waals surface area (Å²) in [6.45, 7) is 0.572. The average Bonchev–Trinajstić information content (AvgIpc) is 2.04. The van der Waals surface area contributed by atoms with E-state index in [-0.39, 0.29) is 18.3 Å². The second-order valence-electron chi connectivity index (χ2n) is 2.93. The Morgan fingerprint density at radius 1 is 1.20 bits per heavy atom. The molecule has 3 heterocycles. The first-order valence-corrected chi connectivity index (χ1v) is 3.47. The Balaban J connectivity index is 1.95. The van der Waals surface area contributed by atoms with Gasteiger partial charge in [-0.25, -0.2) is 0 Å². The monoisotopic (exact) mass is 144 g/mol. The Hall–Kier alpha value is -0.160. The maximum absolute atomic E-state index is 9.33. The van der Waals surface area contributed by atoms with Gasteiger partial charge in [0.15, 0.2) is 6.29 Å². The van der Waals surface area contributed by atoms with E-state index in [0.717, 1.165) is 0 Å². The maximum Gasteiger partial charge on any atom is 0.186 e. The first-order chi connectivity index (χ1) is 4.86. The molecule has 0 aromatic heterocycles. The lowest BCUT2D eigenvalue weighted by Gasteiger charge is -2.39. The zero-order chi connectivity index (χ0) is 6.72. The fraction of sp³-hybridized carbons (Fsp3) is 1.00. The van der Waals surface area contributed by atoms with Crippen LogP contribution in [0.1, 0.15) is 0 Å². The summed E-state index contributed by atoms with van der Waals surface area (Å²) in [4.78, 5) is 0. The molecule has 0 aliphatic carbocycles. The van der Waals surface area contributed by atoms with Gasteiger partial charge in [0, 0.05) is 0 Å². The molecule has 3 saturated heterocycles. The van der Waals surface area contributed by atoms with Gasteiger partial charge in [0.25, 0.3) is 0 Å². The summed E-state index contributed by atoms with van der Waals surface area (Å²) in [7, 11) is 0. The van der Waals surface area contributed by atoms with Gasteiger partial charge in [-0.2, -0.15) is 0 Å². The fourth-order valence-corrected chi connectivity index (χ4v) is 1.77. The van der Waals surface area contributed by atoms with Gasteiger partial charge in [0.1, 0.15) is 24.4 Å². The molecular formula is C6H8O4. The fourth-order valence-electron chi connectivity index (χ4n) is 1.77. The van der Waals surface area contributed by atoms with Crippen molar-refractivity contribution in [1.82, 2.24) is 0 Å². The number of rotatable bonds is 0. The van der Waals surface area contributed by atoms with Crippen LogP contribution < -0.4 is 0 Å². The Labute approximate surface area is 57.7 Å². The molecule has 3 rings (SSSR count). The van der Waals surface area contributed by atoms with Crippen molar-refractivity contribution in [2.24, 2.45) is 0 Å². The highest BCUT2D eigenvalue weighted by molar-refractivity contribution is 5.03. The van der Waals surface area contributed by atoms with Gasteiger partial charge in [0.05, 0.1) is 6.61 Å². The molecule has 0 aromatic carbocycles. The van der Waals surface area contributed by atoms with E-state index in [1.165, 1.54) is 0 Å². The second-order valence-corrected chi connectivity index (χ2v) is 2.93. The molecule has 56 valence electrons. The van der Waals surface area contributed by atoms with Crippen molar-refractivity contribution in [2.75, 3.05) is 6.61 Å². The summed E-state index contributed by atoms with van der Waals surface area (Å²) in [6.07, 6.45) is -0.915. The molecule has 3 aliphatic heterocycles. The van der Waals surface area contributed by atoms with E-state index in [2.05, 4.69) is 0 Å². The van der Waals surface area contributed by atoms with E-state index in [0.29, 0.717) is 6.61 Å². The van der Waals surface area contributed by atoms with E-state index in [1.807, 2.05) is 0 Å². The van der Waals surface area contributed by atoms with Gasteiger partial charge in [0.2, 0.25) is 0 Å². The molecule has 0 radical (unpaired) electrons. The molecule has 0 aromatic rings. The lowest BCUT2D eigenvalue weighted by molar-refractivity contribution is -0.284. The zero-order valence-electron chi connectivity index (χ0n) is 5.27. The van der Waals surface area contributed by atoms with Crippen molar-refractivity contribution in [3.05, 3.63) is 0 Å². The number of hydrogen-bond donors (Lipinski definition) is 1. The average molecular weight is 144 g/mol. The van der Waals surface area contributed by atoms with Gasteiger partial charge in [-0.3, -0.25) is 0 Å². The number of aliphatic hydroxyl groups excluding tert-OH is 1. The Morgan fingerprint density at radius 2 is 2.10 bits per heavy atom. The summed E-state index contributed by atoms with van der Waals surface area (Å²) in [5.41, 5.74) is 0. The molecule has 5 atom stereocenters. The van der Waals surface area contributed by atoms with Gasteiger partial charge in [-0.15, -0.1) is 0 Å². The minimum absolute atomic E-state index is 0.0819. The van der Waals surface area contributed by atoms with Crippen LogP contribution in [0, 0.1) is 0 Å². The maximum atomic E-state index is 9.33. The van der Waals surface area contributed by atoms with Gasteiger partial charge < -0.3 is 19.3 Å². The van der Waals surface area contributed by atoms with Gasteiger partial charge in [-0.1, -0.05) is 0 Å². The molecule has 4 heteroatoms. The Morgan fingerprint density at radius 3 is 2.90 bits per heavy atom. The highest BCUT2D eigenvalue weighted by atomic mass is 16.8. The smallest absolute Gasteiger partial charge is 0.186 e. The molecule has 4 nitrogen and oxygen atoms in total. The Bertz CT molecular complexity index is 160. The highest BCUT2D eigenvalue weighted by Gasteiger charge is 2.60. The largest absolute Gasteiger partial charge is 0.385 e. The molecule has 3 fully saturated rings. The molecule has 0 saturated carbocycles. The number of aliphatic hydroxyl groups is 1. The molecular weight excluding hydrogens is 136 g/mol. The van der Waals surface area contributed by atoms with E-state index >= 15 is 0 Å². The molecule has 1 N–H and O–H groups in total. The van der Waals surface area contributed by atoms with Crippen LogP contribution in [0.25, 0.3) is 0 Å². The standard InChI is InChI=1S/C6H8O4/c7-3-5-4-2(9-5)1-8-6(3)10-4/h2-7H,1H2/t2?,3-,4+,5+,6+/m1/s1. The van der Waals surface area contributed by atoms with Gasteiger partial charge in [-0.05, 0) is 0 Å². The van der Waals surface area contributed by atoms with Crippen LogP contribution >= 0.6 is 0 Å². The lowest BCUT2D eigenvalue weighted by Crippen LogP contribution is -2.56. The predicted octanol–water partition coefficient (Wildman–Crippen LogP) is -1.13. The van der Waals surface area contributed by atoms with Crippen LogP contribution in [-0.4, -0.2) is 42.4 Å². The van der Waals surface area contributed by atoms with Crippen LogP contribution in [-0.2, 0) is 14.2 Å².